The van der Waals surface area contributed by atoms with Crippen molar-refractivity contribution in [1.82, 2.24) is 4.57 Å². The highest BCUT2D eigenvalue weighted by molar-refractivity contribution is 7.90. The molecule has 31 heavy (non-hydrogen) atoms. The zero-order valence-electron chi connectivity index (χ0n) is 16.3. The summed E-state index contributed by atoms with van der Waals surface area (Å²) in [4.78, 5) is 12.6. The number of benzene rings is 3. The molecule has 0 saturated carbocycles. The zero-order valence-corrected chi connectivity index (χ0v) is 17.8. The van der Waals surface area contributed by atoms with E-state index in [1.165, 1.54) is 24.4 Å². The number of hydrogen-bond acceptors (Lipinski definition) is 3. The molecule has 0 saturated heterocycles. The maximum atomic E-state index is 13.8. The molecule has 0 bridgehead atoms. The molecule has 4 rings (SSSR count). The molecular weight excluding hydrogens is 439 g/mol. The van der Waals surface area contributed by atoms with E-state index in [-0.39, 0.29) is 22.9 Å². The minimum absolute atomic E-state index is 0.0674. The number of anilines is 1. The summed E-state index contributed by atoms with van der Waals surface area (Å²) in [6, 6.07) is 19.5. The largest absolute Gasteiger partial charge is 0.337 e. The third-order valence-corrected chi connectivity index (χ3v) is 6.74. The molecule has 0 aliphatic rings. The van der Waals surface area contributed by atoms with E-state index in [0.717, 1.165) is 0 Å². The maximum Gasteiger partial charge on any atom is 0.244 e. The van der Waals surface area contributed by atoms with Crippen LogP contribution in [-0.2, 0) is 26.9 Å². The van der Waals surface area contributed by atoms with E-state index >= 15 is 0 Å². The third kappa shape index (κ3) is 4.62. The minimum atomic E-state index is -3.71. The van der Waals surface area contributed by atoms with Crippen LogP contribution in [0.25, 0.3) is 10.9 Å². The van der Waals surface area contributed by atoms with Gasteiger partial charge in [-0.05, 0) is 35.9 Å². The van der Waals surface area contributed by atoms with Gasteiger partial charge in [0.2, 0.25) is 5.91 Å². The van der Waals surface area contributed by atoms with Gasteiger partial charge in [-0.1, -0.05) is 54.1 Å². The Kier molecular flexibility index (Phi) is 5.80. The molecule has 0 unspecified atom stereocenters. The van der Waals surface area contributed by atoms with Crippen LogP contribution < -0.4 is 5.32 Å². The lowest BCUT2D eigenvalue weighted by Gasteiger charge is -2.08. The maximum absolute atomic E-state index is 13.8. The van der Waals surface area contributed by atoms with Crippen LogP contribution in [0, 0.1) is 5.82 Å². The number of nitrogens with zero attached hydrogens (tertiary/aromatic N) is 1. The van der Waals surface area contributed by atoms with Crippen molar-refractivity contribution < 1.29 is 17.6 Å². The molecule has 3 aromatic carbocycles. The number of nitrogens with one attached hydrogen (secondary N) is 1. The molecule has 0 aliphatic carbocycles. The van der Waals surface area contributed by atoms with Gasteiger partial charge < -0.3 is 9.88 Å². The standard InChI is InChI=1S/C23H18ClFN2O3S/c24-17-7-5-6-16(12-17)15-31(29,30)22-13-27(21-11-4-1-8-18(21)22)14-23(28)26-20-10-3-2-9-19(20)25/h1-13H,14-15H2,(H,26,28). The van der Waals surface area contributed by atoms with Gasteiger partial charge in [0.1, 0.15) is 12.4 Å². The quantitative estimate of drug-likeness (QED) is 0.441. The Morgan fingerprint density at radius 2 is 1.74 bits per heavy atom. The second-order valence-corrected chi connectivity index (χ2v) is 9.45. The molecule has 0 radical (unpaired) electrons. The number of hydrogen-bond donors (Lipinski definition) is 1. The summed E-state index contributed by atoms with van der Waals surface area (Å²) in [5.41, 5.74) is 1.23. The summed E-state index contributed by atoms with van der Waals surface area (Å²) < 4.78 is 41.7. The van der Waals surface area contributed by atoms with Gasteiger partial charge in [-0.3, -0.25) is 4.79 Å². The number of aromatic nitrogens is 1. The average molecular weight is 457 g/mol. The molecule has 158 valence electrons. The number of rotatable bonds is 6. The van der Waals surface area contributed by atoms with Crippen molar-refractivity contribution in [3.05, 3.63) is 95.4 Å². The highest BCUT2D eigenvalue weighted by Gasteiger charge is 2.22. The van der Waals surface area contributed by atoms with Gasteiger partial charge in [0.15, 0.2) is 9.84 Å². The Hall–Kier alpha value is -3.16. The average Bonchev–Trinajstić information content (AvgIpc) is 3.09. The van der Waals surface area contributed by atoms with Crippen molar-refractivity contribution in [3.63, 3.8) is 0 Å². The highest BCUT2D eigenvalue weighted by Crippen LogP contribution is 2.28. The molecule has 4 aromatic rings. The Morgan fingerprint density at radius 3 is 2.52 bits per heavy atom. The molecule has 0 fully saturated rings. The molecule has 1 amide bonds. The number of halogens is 2. The van der Waals surface area contributed by atoms with Crippen LogP contribution in [0.4, 0.5) is 10.1 Å². The fraction of sp³-hybridized carbons (Fsp3) is 0.0870. The summed E-state index contributed by atoms with van der Waals surface area (Å²) >= 11 is 5.98. The number of carbonyl (C=O) groups excluding carboxylic acids is 1. The second-order valence-electron chi connectivity index (χ2n) is 7.06. The van der Waals surface area contributed by atoms with E-state index in [1.54, 1.807) is 59.2 Å². The molecule has 8 heteroatoms. The van der Waals surface area contributed by atoms with Gasteiger partial charge in [-0.2, -0.15) is 0 Å². The minimum Gasteiger partial charge on any atom is -0.337 e. The lowest BCUT2D eigenvalue weighted by Crippen LogP contribution is -2.19. The van der Waals surface area contributed by atoms with Crippen molar-refractivity contribution in [1.29, 1.82) is 0 Å². The topological polar surface area (TPSA) is 68.2 Å². The third-order valence-electron chi connectivity index (χ3n) is 4.79. The fourth-order valence-corrected chi connectivity index (χ4v) is 5.20. The van der Waals surface area contributed by atoms with Crippen molar-refractivity contribution in [2.45, 2.75) is 17.2 Å². The first-order chi connectivity index (χ1) is 14.8. The Labute approximate surface area is 184 Å². The van der Waals surface area contributed by atoms with Crippen LogP contribution in [0.3, 0.4) is 0 Å². The van der Waals surface area contributed by atoms with Gasteiger partial charge >= 0.3 is 0 Å². The molecule has 1 N–H and O–H groups in total. The van der Waals surface area contributed by atoms with E-state index in [0.29, 0.717) is 21.5 Å². The van der Waals surface area contributed by atoms with Gasteiger partial charge in [-0.15, -0.1) is 0 Å². The molecule has 5 nitrogen and oxygen atoms in total. The zero-order chi connectivity index (χ0) is 22.0. The first-order valence-electron chi connectivity index (χ1n) is 9.43. The van der Waals surface area contributed by atoms with Gasteiger partial charge in [0.25, 0.3) is 0 Å². The van der Waals surface area contributed by atoms with Crippen LogP contribution in [0.2, 0.25) is 5.02 Å². The van der Waals surface area contributed by atoms with E-state index in [2.05, 4.69) is 5.32 Å². The number of carbonyl (C=O) groups is 1. The van der Waals surface area contributed by atoms with E-state index in [9.17, 15) is 17.6 Å². The molecule has 0 spiro atoms. The number of amides is 1. The van der Waals surface area contributed by atoms with Gasteiger partial charge in [-0.25, -0.2) is 12.8 Å². The van der Waals surface area contributed by atoms with Crippen LogP contribution in [0.5, 0.6) is 0 Å². The summed E-state index contributed by atoms with van der Waals surface area (Å²) in [6.45, 7) is -0.165. The van der Waals surface area contributed by atoms with Crippen molar-refractivity contribution in [2.75, 3.05) is 5.32 Å². The van der Waals surface area contributed by atoms with Crippen molar-refractivity contribution >= 4 is 43.9 Å². The molecule has 0 atom stereocenters. The Bertz CT molecular complexity index is 1380. The predicted octanol–water partition coefficient (Wildman–Crippen LogP) is 5.05. The normalized spacial score (nSPS) is 11.5. The highest BCUT2D eigenvalue weighted by atomic mass is 35.5. The van der Waals surface area contributed by atoms with Crippen LogP contribution in [-0.4, -0.2) is 18.9 Å². The predicted molar refractivity (Wildman–Crippen MR) is 119 cm³/mol. The summed E-state index contributed by atoms with van der Waals surface area (Å²) in [5, 5.41) is 3.49. The molecule has 0 aliphatic heterocycles. The van der Waals surface area contributed by atoms with Crippen LogP contribution in [0.1, 0.15) is 5.56 Å². The Morgan fingerprint density at radius 1 is 1.00 bits per heavy atom. The second kappa shape index (κ2) is 8.53. The van der Waals surface area contributed by atoms with Crippen molar-refractivity contribution in [2.24, 2.45) is 0 Å². The number of sulfone groups is 1. The SMILES string of the molecule is O=C(Cn1cc(S(=O)(=O)Cc2cccc(Cl)c2)c2ccccc21)Nc1ccccc1F. The summed E-state index contributed by atoms with van der Waals surface area (Å²) in [7, 11) is -3.71. The van der Waals surface area contributed by atoms with Gasteiger partial charge in [0.05, 0.1) is 16.3 Å². The molecular formula is C23H18ClFN2O3S. The van der Waals surface area contributed by atoms with E-state index < -0.39 is 21.6 Å². The first kappa shape index (κ1) is 21.1. The number of para-hydroxylation sites is 2. The lowest BCUT2D eigenvalue weighted by atomic mass is 10.2. The van der Waals surface area contributed by atoms with E-state index in [1.807, 2.05) is 0 Å². The monoisotopic (exact) mass is 456 g/mol. The molecule has 1 heterocycles. The smallest absolute Gasteiger partial charge is 0.244 e. The first-order valence-corrected chi connectivity index (χ1v) is 11.5. The van der Waals surface area contributed by atoms with Crippen LogP contribution in [0.15, 0.2) is 83.9 Å². The fourth-order valence-electron chi connectivity index (χ4n) is 3.42. The summed E-state index contributed by atoms with van der Waals surface area (Å²) in [5.74, 6) is -1.23. The lowest BCUT2D eigenvalue weighted by molar-refractivity contribution is -0.116. The van der Waals surface area contributed by atoms with Gasteiger partial charge in [0, 0.05) is 22.1 Å². The molecule has 1 aromatic heterocycles. The van der Waals surface area contributed by atoms with Crippen molar-refractivity contribution in [3.8, 4) is 0 Å². The number of fused-ring (bicyclic) bond motifs is 1. The van der Waals surface area contributed by atoms with Crippen LogP contribution >= 0.6 is 11.6 Å². The Balaban J connectivity index is 1.66. The van der Waals surface area contributed by atoms with E-state index in [4.69, 9.17) is 11.6 Å². The summed E-state index contributed by atoms with van der Waals surface area (Å²) in [6.07, 6.45) is 1.45.